The van der Waals surface area contributed by atoms with Crippen LogP contribution < -0.4 is 5.73 Å². The third kappa shape index (κ3) is 3.38. The zero-order valence-corrected chi connectivity index (χ0v) is 12.5. The SMILES string of the molecule is CCC(C(N)=O)N1CC(c2cccc(N=[N+]=[N-])c2)CCC1=O. The second-order valence-corrected chi connectivity index (χ2v) is 5.39. The average molecular weight is 301 g/mol. The molecule has 1 aliphatic rings. The number of hydrogen-bond acceptors (Lipinski definition) is 3. The van der Waals surface area contributed by atoms with Crippen molar-refractivity contribution in [2.24, 2.45) is 10.8 Å². The molecule has 0 radical (unpaired) electrons. The number of nitrogens with zero attached hydrogens (tertiary/aromatic N) is 4. The van der Waals surface area contributed by atoms with E-state index in [0.717, 1.165) is 5.56 Å². The highest BCUT2D eigenvalue weighted by atomic mass is 16.2. The first-order chi connectivity index (χ1) is 10.6. The molecule has 1 fully saturated rings. The molecule has 0 saturated carbocycles. The normalized spacial score (nSPS) is 19.4. The van der Waals surface area contributed by atoms with Crippen molar-refractivity contribution in [2.45, 2.75) is 38.1 Å². The van der Waals surface area contributed by atoms with Gasteiger partial charge in [0.2, 0.25) is 11.8 Å². The van der Waals surface area contributed by atoms with Crippen molar-refractivity contribution in [3.8, 4) is 0 Å². The minimum absolute atomic E-state index is 0.0342. The van der Waals surface area contributed by atoms with Gasteiger partial charge in [0, 0.05) is 29.5 Å². The molecule has 1 aromatic rings. The van der Waals surface area contributed by atoms with E-state index < -0.39 is 11.9 Å². The summed E-state index contributed by atoms with van der Waals surface area (Å²) >= 11 is 0. The largest absolute Gasteiger partial charge is 0.368 e. The molecule has 2 atom stereocenters. The number of azide groups is 1. The standard InChI is InChI=1S/C15H19N5O2/c1-2-13(15(16)22)20-9-11(6-7-14(20)21)10-4-3-5-12(8-10)18-19-17/h3-5,8,11,13H,2,6-7,9H2,1H3,(H2,16,22). The van der Waals surface area contributed by atoms with Crippen LogP contribution in [0.15, 0.2) is 29.4 Å². The van der Waals surface area contributed by atoms with Gasteiger partial charge in [-0.1, -0.05) is 30.2 Å². The van der Waals surface area contributed by atoms with E-state index in [4.69, 9.17) is 11.3 Å². The van der Waals surface area contributed by atoms with Gasteiger partial charge in [0.25, 0.3) is 0 Å². The molecule has 1 saturated heterocycles. The van der Waals surface area contributed by atoms with Gasteiger partial charge in [0.05, 0.1) is 0 Å². The first kappa shape index (κ1) is 15.9. The van der Waals surface area contributed by atoms with Gasteiger partial charge < -0.3 is 10.6 Å². The molecule has 0 aromatic heterocycles. The van der Waals surface area contributed by atoms with Crippen LogP contribution >= 0.6 is 0 Å². The predicted molar refractivity (Wildman–Crippen MR) is 82.2 cm³/mol. The number of rotatable bonds is 5. The summed E-state index contributed by atoms with van der Waals surface area (Å²) in [4.78, 5) is 28.0. The average Bonchev–Trinajstić information content (AvgIpc) is 2.50. The van der Waals surface area contributed by atoms with E-state index in [2.05, 4.69) is 10.0 Å². The number of benzene rings is 1. The van der Waals surface area contributed by atoms with E-state index in [1.54, 1.807) is 11.0 Å². The Morgan fingerprint density at radius 2 is 2.36 bits per heavy atom. The summed E-state index contributed by atoms with van der Waals surface area (Å²) < 4.78 is 0. The van der Waals surface area contributed by atoms with Crippen LogP contribution in [-0.4, -0.2) is 29.3 Å². The number of piperidine rings is 1. The van der Waals surface area contributed by atoms with E-state index in [9.17, 15) is 9.59 Å². The number of nitrogens with two attached hydrogens (primary N) is 1. The molecule has 22 heavy (non-hydrogen) atoms. The molecule has 1 heterocycles. The van der Waals surface area contributed by atoms with Crippen molar-refractivity contribution in [3.05, 3.63) is 40.3 Å². The Hall–Kier alpha value is -2.53. The topological polar surface area (TPSA) is 112 Å². The van der Waals surface area contributed by atoms with Gasteiger partial charge in [0.15, 0.2) is 0 Å². The Kier molecular flexibility index (Phi) is 5.01. The van der Waals surface area contributed by atoms with Gasteiger partial charge in [-0.25, -0.2) is 0 Å². The van der Waals surface area contributed by atoms with Crippen molar-refractivity contribution < 1.29 is 9.59 Å². The maximum absolute atomic E-state index is 12.1. The van der Waals surface area contributed by atoms with E-state index in [0.29, 0.717) is 31.5 Å². The molecule has 116 valence electrons. The van der Waals surface area contributed by atoms with Crippen molar-refractivity contribution in [1.29, 1.82) is 0 Å². The molecule has 2 rings (SSSR count). The van der Waals surface area contributed by atoms with Gasteiger partial charge in [-0.3, -0.25) is 9.59 Å². The zero-order chi connectivity index (χ0) is 16.1. The molecule has 7 nitrogen and oxygen atoms in total. The lowest BCUT2D eigenvalue weighted by molar-refractivity contribution is -0.142. The highest BCUT2D eigenvalue weighted by Crippen LogP contribution is 2.31. The van der Waals surface area contributed by atoms with Gasteiger partial charge in [-0.2, -0.15) is 0 Å². The van der Waals surface area contributed by atoms with Crippen molar-refractivity contribution in [3.63, 3.8) is 0 Å². The Bertz CT molecular complexity index is 624. The lowest BCUT2D eigenvalue weighted by Gasteiger charge is -2.36. The van der Waals surface area contributed by atoms with Crippen LogP contribution in [-0.2, 0) is 9.59 Å². The molecule has 2 unspecified atom stereocenters. The maximum atomic E-state index is 12.1. The number of amides is 2. The first-order valence-electron chi connectivity index (χ1n) is 7.30. The van der Waals surface area contributed by atoms with E-state index in [1.807, 2.05) is 25.1 Å². The molecule has 2 N–H and O–H groups in total. The predicted octanol–water partition coefficient (Wildman–Crippen LogP) is 2.60. The highest BCUT2D eigenvalue weighted by molar-refractivity contribution is 5.87. The summed E-state index contributed by atoms with van der Waals surface area (Å²) in [5, 5.41) is 3.60. The zero-order valence-electron chi connectivity index (χ0n) is 12.5. The van der Waals surface area contributed by atoms with Gasteiger partial charge in [0.1, 0.15) is 6.04 Å². The quantitative estimate of drug-likeness (QED) is 0.512. The lowest BCUT2D eigenvalue weighted by atomic mass is 9.89. The number of carbonyl (C=O) groups excluding carboxylic acids is 2. The Morgan fingerprint density at radius 3 is 3.00 bits per heavy atom. The van der Waals surface area contributed by atoms with Crippen LogP contribution in [0.2, 0.25) is 0 Å². The molecular formula is C15H19N5O2. The van der Waals surface area contributed by atoms with Crippen molar-refractivity contribution >= 4 is 17.5 Å². The lowest BCUT2D eigenvalue weighted by Crippen LogP contribution is -2.51. The van der Waals surface area contributed by atoms with E-state index >= 15 is 0 Å². The van der Waals surface area contributed by atoms with Crippen LogP contribution in [0.1, 0.15) is 37.7 Å². The van der Waals surface area contributed by atoms with E-state index in [1.165, 1.54) is 0 Å². The second-order valence-electron chi connectivity index (χ2n) is 5.39. The van der Waals surface area contributed by atoms with Crippen LogP contribution in [0.3, 0.4) is 0 Å². The number of likely N-dealkylation sites (tertiary alicyclic amines) is 1. The van der Waals surface area contributed by atoms with E-state index in [-0.39, 0.29) is 11.8 Å². The molecule has 7 heteroatoms. The van der Waals surface area contributed by atoms with Crippen LogP contribution in [0, 0.1) is 0 Å². The van der Waals surface area contributed by atoms with Crippen molar-refractivity contribution in [2.75, 3.05) is 6.54 Å². The summed E-state index contributed by atoms with van der Waals surface area (Å²) in [6.45, 7) is 2.30. The second kappa shape index (κ2) is 6.95. The molecule has 0 bridgehead atoms. The molecular weight excluding hydrogens is 282 g/mol. The Morgan fingerprint density at radius 1 is 1.59 bits per heavy atom. The Balaban J connectivity index is 2.23. The highest BCUT2D eigenvalue weighted by Gasteiger charge is 2.33. The molecule has 2 amide bonds. The third-order valence-corrected chi connectivity index (χ3v) is 4.04. The van der Waals surface area contributed by atoms with Crippen LogP contribution in [0.4, 0.5) is 5.69 Å². The van der Waals surface area contributed by atoms with Crippen LogP contribution in [0.25, 0.3) is 10.4 Å². The summed E-state index contributed by atoms with van der Waals surface area (Å²) in [6, 6.07) is 6.76. The molecule has 0 aliphatic carbocycles. The summed E-state index contributed by atoms with van der Waals surface area (Å²) in [5.41, 5.74) is 15.5. The maximum Gasteiger partial charge on any atom is 0.240 e. The molecule has 1 aliphatic heterocycles. The minimum atomic E-state index is -0.560. The fraction of sp³-hybridized carbons (Fsp3) is 0.467. The smallest absolute Gasteiger partial charge is 0.240 e. The molecule has 0 spiro atoms. The van der Waals surface area contributed by atoms with Gasteiger partial charge >= 0.3 is 0 Å². The van der Waals surface area contributed by atoms with Crippen LogP contribution in [0.5, 0.6) is 0 Å². The third-order valence-electron chi connectivity index (χ3n) is 4.04. The summed E-state index contributed by atoms with van der Waals surface area (Å²) in [5.74, 6) is -0.396. The van der Waals surface area contributed by atoms with Gasteiger partial charge in [-0.15, -0.1) is 0 Å². The van der Waals surface area contributed by atoms with Crippen molar-refractivity contribution in [1.82, 2.24) is 4.90 Å². The number of primary amides is 1. The van der Waals surface area contributed by atoms with Gasteiger partial charge in [-0.05, 0) is 30.0 Å². The fourth-order valence-electron chi connectivity index (χ4n) is 2.91. The monoisotopic (exact) mass is 301 g/mol. The minimum Gasteiger partial charge on any atom is -0.368 e. The Labute approximate surface area is 128 Å². The number of carbonyl (C=O) groups is 2. The molecule has 1 aromatic carbocycles. The summed E-state index contributed by atoms with van der Waals surface area (Å²) in [7, 11) is 0. The first-order valence-corrected chi connectivity index (χ1v) is 7.30. The summed E-state index contributed by atoms with van der Waals surface area (Å²) in [6.07, 6.45) is 1.61. The number of hydrogen-bond donors (Lipinski definition) is 1. The fourth-order valence-corrected chi connectivity index (χ4v) is 2.91.